The fourth-order valence-corrected chi connectivity index (χ4v) is 6.55. The van der Waals surface area contributed by atoms with Crippen LogP contribution in [0.25, 0.3) is 0 Å². The number of hydrogen-bond donors (Lipinski definition) is 3. The number of nitrogens with zero attached hydrogens (tertiary/aromatic N) is 3. The van der Waals surface area contributed by atoms with Crippen molar-refractivity contribution in [2.24, 2.45) is 17.6 Å². The molecule has 7 nitrogen and oxygen atoms in total. The number of nitriles is 1. The van der Waals surface area contributed by atoms with Gasteiger partial charge in [0.1, 0.15) is 12.2 Å². The molecule has 1 aromatic heterocycles. The van der Waals surface area contributed by atoms with E-state index in [1.54, 1.807) is 19.5 Å². The molecule has 0 fully saturated rings. The van der Waals surface area contributed by atoms with Crippen molar-refractivity contribution in [3.8, 4) is 6.07 Å². The molecule has 4 rings (SSSR count). The standard InChI is InChI=1S/C30H38ClN6OP/c1-20-7-14-27(28(15-20)39(2,3)38)36-29-26(31)19-34-30(37-29)35-25-13-12-23-10-8-21(9-11-24(23)16-25)5-4-6-22(17-32)18-33/h7,12-16,19,21-22H,4-6,8-11,17,32H2,1-3H3,(H2,34,35,36,37)/t21-,22+/m0/s1. The Hall–Kier alpha value is -2.91. The van der Waals surface area contributed by atoms with Crippen LogP contribution in [0, 0.1) is 30.1 Å². The number of halogens is 1. The van der Waals surface area contributed by atoms with E-state index in [1.165, 1.54) is 17.5 Å². The second-order valence-electron chi connectivity index (χ2n) is 10.9. The zero-order valence-corrected chi connectivity index (χ0v) is 24.7. The Labute approximate surface area is 237 Å². The lowest BCUT2D eigenvalue weighted by atomic mass is 9.91. The number of anilines is 4. The molecule has 0 aliphatic heterocycles. The molecule has 0 bridgehead atoms. The first-order chi connectivity index (χ1) is 18.7. The van der Waals surface area contributed by atoms with Gasteiger partial charge in [0.25, 0.3) is 0 Å². The van der Waals surface area contributed by atoms with Crippen LogP contribution in [-0.4, -0.2) is 29.8 Å². The first kappa shape index (κ1) is 29.1. The molecule has 0 amide bonds. The smallest absolute Gasteiger partial charge is 0.229 e. The van der Waals surface area contributed by atoms with Crippen LogP contribution in [-0.2, 0) is 17.4 Å². The molecule has 2 atom stereocenters. The third kappa shape index (κ3) is 7.82. The van der Waals surface area contributed by atoms with Gasteiger partial charge in [-0.15, -0.1) is 0 Å². The summed E-state index contributed by atoms with van der Waals surface area (Å²) in [5.74, 6) is 1.54. The van der Waals surface area contributed by atoms with Gasteiger partial charge >= 0.3 is 0 Å². The number of aromatic nitrogens is 2. The van der Waals surface area contributed by atoms with E-state index in [1.807, 2.05) is 25.1 Å². The normalized spacial score (nSPS) is 16.1. The monoisotopic (exact) mass is 564 g/mol. The van der Waals surface area contributed by atoms with E-state index in [4.69, 9.17) is 22.6 Å². The Balaban J connectivity index is 1.44. The largest absolute Gasteiger partial charge is 0.338 e. The summed E-state index contributed by atoms with van der Waals surface area (Å²) in [6.07, 6.45) is 9.11. The van der Waals surface area contributed by atoms with Gasteiger partial charge < -0.3 is 20.9 Å². The fraction of sp³-hybridized carbons (Fsp3) is 0.433. The zero-order chi connectivity index (χ0) is 28.0. The predicted molar refractivity (Wildman–Crippen MR) is 162 cm³/mol. The summed E-state index contributed by atoms with van der Waals surface area (Å²) in [5, 5.41) is 16.9. The van der Waals surface area contributed by atoms with Gasteiger partial charge in [0, 0.05) is 17.5 Å². The highest BCUT2D eigenvalue weighted by atomic mass is 35.5. The van der Waals surface area contributed by atoms with Crippen LogP contribution in [0.1, 0.15) is 48.8 Å². The molecule has 3 aromatic rings. The maximum Gasteiger partial charge on any atom is 0.229 e. The number of nitrogens with two attached hydrogens (primary N) is 1. The van der Waals surface area contributed by atoms with Crippen molar-refractivity contribution in [2.45, 2.75) is 51.9 Å². The molecule has 206 valence electrons. The third-order valence-electron chi connectivity index (χ3n) is 7.47. The summed E-state index contributed by atoms with van der Waals surface area (Å²) < 4.78 is 12.9. The number of fused-ring (bicyclic) bond motifs is 1. The second kappa shape index (κ2) is 13.0. The van der Waals surface area contributed by atoms with Crippen LogP contribution in [0.15, 0.2) is 42.6 Å². The van der Waals surface area contributed by atoms with Crippen molar-refractivity contribution >= 4 is 47.2 Å². The number of benzene rings is 2. The summed E-state index contributed by atoms with van der Waals surface area (Å²) in [6.45, 7) is 5.95. The van der Waals surface area contributed by atoms with Crippen LogP contribution in [0.5, 0.6) is 0 Å². The molecule has 0 radical (unpaired) electrons. The maximum atomic E-state index is 12.9. The number of aryl methyl sites for hydroxylation is 3. The van der Waals surface area contributed by atoms with E-state index in [2.05, 4.69) is 44.9 Å². The first-order valence-electron chi connectivity index (χ1n) is 13.6. The average Bonchev–Trinajstić information content (AvgIpc) is 3.11. The molecule has 1 heterocycles. The van der Waals surface area contributed by atoms with E-state index in [0.29, 0.717) is 29.3 Å². The summed E-state index contributed by atoms with van der Waals surface area (Å²) >= 11 is 6.44. The zero-order valence-electron chi connectivity index (χ0n) is 23.0. The molecule has 4 N–H and O–H groups in total. The highest BCUT2D eigenvalue weighted by Crippen LogP contribution is 2.39. The van der Waals surface area contributed by atoms with Gasteiger partial charge in [0.15, 0.2) is 5.82 Å². The SMILES string of the molecule is Cc1ccc(Nc2nc(Nc3ccc4c(c3)CC[C@@H](CCC[C@@H](C#N)CN)CC4)ncc2Cl)c(P(C)(C)=O)c1. The van der Waals surface area contributed by atoms with Crippen LogP contribution in [0.4, 0.5) is 23.1 Å². The van der Waals surface area contributed by atoms with Crippen molar-refractivity contribution in [3.63, 3.8) is 0 Å². The van der Waals surface area contributed by atoms with Crippen LogP contribution >= 0.6 is 18.7 Å². The Kier molecular flexibility index (Phi) is 9.67. The molecule has 0 unspecified atom stereocenters. The summed E-state index contributed by atoms with van der Waals surface area (Å²) in [6, 6.07) is 14.6. The van der Waals surface area contributed by atoms with Gasteiger partial charge in [-0.25, -0.2) is 4.98 Å². The van der Waals surface area contributed by atoms with Gasteiger partial charge in [0.05, 0.1) is 23.9 Å². The second-order valence-corrected chi connectivity index (χ2v) is 14.5. The first-order valence-corrected chi connectivity index (χ1v) is 16.6. The summed E-state index contributed by atoms with van der Waals surface area (Å²) in [7, 11) is -2.52. The third-order valence-corrected chi connectivity index (χ3v) is 9.28. The van der Waals surface area contributed by atoms with Crippen molar-refractivity contribution in [2.75, 3.05) is 30.5 Å². The topological polar surface area (TPSA) is 117 Å². The van der Waals surface area contributed by atoms with Crippen molar-refractivity contribution < 1.29 is 4.57 Å². The maximum absolute atomic E-state index is 12.9. The minimum absolute atomic E-state index is 0.0219. The van der Waals surface area contributed by atoms with E-state index in [9.17, 15) is 4.57 Å². The highest BCUT2D eigenvalue weighted by molar-refractivity contribution is 7.70. The minimum Gasteiger partial charge on any atom is -0.338 e. The quantitative estimate of drug-likeness (QED) is 0.180. The van der Waals surface area contributed by atoms with Gasteiger partial charge in [-0.1, -0.05) is 42.1 Å². The van der Waals surface area contributed by atoms with E-state index in [-0.39, 0.29) is 5.92 Å². The lowest BCUT2D eigenvalue weighted by Gasteiger charge is -2.17. The molecule has 1 aliphatic carbocycles. The summed E-state index contributed by atoms with van der Waals surface area (Å²) in [5.41, 5.74) is 11.1. The molecular formula is C30H38ClN6OP. The summed E-state index contributed by atoms with van der Waals surface area (Å²) in [4.78, 5) is 9.01. The Morgan fingerprint density at radius 2 is 1.92 bits per heavy atom. The molecule has 9 heteroatoms. The number of nitrogens with one attached hydrogen (secondary N) is 2. The van der Waals surface area contributed by atoms with Crippen LogP contribution in [0.3, 0.4) is 0 Å². The van der Waals surface area contributed by atoms with E-state index < -0.39 is 7.14 Å². The predicted octanol–water partition coefficient (Wildman–Crippen LogP) is 6.94. The van der Waals surface area contributed by atoms with Crippen molar-refractivity contribution in [3.05, 3.63) is 64.3 Å². The average molecular weight is 565 g/mol. The lowest BCUT2D eigenvalue weighted by Crippen LogP contribution is -2.12. The van der Waals surface area contributed by atoms with Crippen molar-refractivity contribution in [1.82, 2.24) is 9.97 Å². The van der Waals surface area contributed by atoms with Crippen LogP contribution in [0.2, 0.25) is 5.02 Å². The molecule has 0 saturated heterocycles. The van der Waals surface area contributed by atoms with Gasteiger partial charge in [0.2, 0.25) is 5.95 Å². The van der Waals surface area contributed by atoms with Gasteiger partial charge in [-0.2, -0.15) is 10.2 Å². The van der Waals surface area contributed by atoms with E-state index >= 15 is 0 Å². The molecule has 0 spiro atoms. The lowest BCUT2D eigenvalue weighted by molar-refractivity contribution is 0.400. The Morgan fingerprint density at radius 1 is 1.15 bits per heavy atom. The van der Waals surface area contributed by atoms with Crippen molar-refractivity contribution in [1.29, 1.82) is 5.26 Å². The molecule has 39 heavy (non-hydrogen) atoms. The Morgan fingerprint density at radius 3 is 2.64 bits per heavy atom. The minimum atomic E-state index is -2.52. The van der Waals surface area contributed by atoms with Crippen LogP contribution < -0.4 is 21.7 Å². The van der Waals surface area contributed by atoms with Gasteiger partial charge in [-0.3, -0.25) is 0 Å². The number of hydrogen-bond acceptors (Lipinski definition) is 7. The molecule has 1 aliphatic rings. The highest BCUT2D eigenvalue weighted by Gasteiger charge is 2.19. The molecule has 0 saturated carbocycles. The number of rotatable bonds is 10. The molecule has 2 aromatic carbocycles. The van der Waals surface area contributed by atoms with Gasteiger partial charge in [-0.05, 0) is 93.7 Å². The molecular weight excluding hydrogens is 527 g/mol. The Bertz CT molecular complexity index is 1400. The fourth-order valence-electron chi connectivity index (χ4n) is 5.19. The van der Waals surface area contributed by atoms with E-state index in [0.717, 1.165) is 60.8 Å².